The topological polar surface area (TPSA) is 109 Å². The van der Waals surface area contributed by atoms with Crippen LogP contribution in [0.1, 0.15) is 44.9 Å². The first-order valence-corrected chi connectivity index (χ1v) is 14.0. The molecule has 0 saturated carbocycles. The molecule has 1 aliphatic rings. The molecule has 0 amide bonds. The molecule has 0 bridgehead atoms. The predicted octanol–water partition coefficient (Wildman–Crippen LogP) is 4.07. The van der Waals surface area contributed by atoms with Crippen molar-refractivity contribution in [2.45, 2.75) is 33.7 Å². The first kappa shape index (κ1) is 28.4. The number of hydrogen-bond donors (Lipinski definition) is 1. The minimum atomic E-state index is -0.857. The Morgan fingerprint density at radius 2 is 1.90 bits per heavy atom. The fourth-order valence-corrected chi connectivity index (χ4v) is 5.89. The van der Waals surface area contributed by atoms with Gasteiger partial charge in [0.2, 0.25) is 0 Å². The number of halogens is 1. The molecule has 1 atom stereocenters. The number of para-hydroxylation sites is 1. The summed E-state index contributed by atoms with van der Waals surface area (Å²) in [5.41, 5.74) is 1.57. The van der Waals surface area contributed by atoms with Gasteiger partial charge in [0.25, 0.3) is 5.56 Å². The largest absolute Gasteiger partial charge is 0.503 e. The molecular weight excluding hydrogens is 588 g/mol. The number of phenolic OH excluding ortho intramolecular Hbond substituents is 1. The number of aromatic nitrogens is 1. The molecule has 11 heteroatoms. The minimum Gasteiger partial charge on any atom is -0.503 e. The van der Waals surface area contributed by atoms with Gasteiger partial charge in [-0.15, -0.1) is 0 Å². The molecular formula is C28H29BrN2O7S. The lowest BCUT2D eigenvalue weighted by molar-refractivity contribution is -0.139. The predicted molar refractivity (Wildman–Crippen MR) is 152 cm³/mol. The number of benzene rings is 2. The normalized spacial score (nSPS) is 15.0. The fraction of sp³-hybridized carbons (Fsp3) is 0.321. The third kappa shape index (κ3) is 5.46. The smallest absolute Gasteiger partial charge is 0.338 e. The fourth-order valence-electron chi connectivity index (χ4n) is 4.39. The molecule has 0 unspecified atom stereocenters. The number of fused-ring (bicyclic) bond motifs is 1. The van der Waals surface area contributed by atoms with E-state index < -0.39 is 12.0 Å². The van der Waals surface area contributed by atoms with E-state index in [1.54, 1.807) is 50.3 Å². The molecule has 0 aliphatic carbocycles. The van der Waals surface area contributed by atoms with Crippen molar-refractivity contribution in [3.63, 3.8) is 0 Å². The zero-order valence-electron chi connectivity index (χ0n) is 22.2. The van der Waals surface area contributed by atoms with Gasteiger partial charge in [-0.05, 0) is 73.5 Å². The van der Waals surface area contributed by atoms with Gasteiger partial charge in [0.15, 0.2) is 27.8 Å². The Balaban J connectivity index is 2.00. The van der Waals surface area contributed by atoms with Gasteiger partial charge in [-0.25, -0.2) is 9.79 Å². The van der Waals surface area contributed by atoms with Crippen LogP contribution in [0.3, 0.4) is 0 Å². The Hall–Kier alpha value is -3.57. The Labute approximate surface area is 237 Å². The first-order valence-electron chi connectivity index (χ1n) is 12.4. The molecule has 4 rings (SSSR count). The molecule has 1 aliphatic heterocycles. The average Bonchev–Trinajstić information content (AvgIpc) is 3.20. The highest BCUT2D eigenvalue weighted by Crippen LogP contribution is 2.41. The van der Waals surface area contributed by atoms with Gasteiger partial charge in [0, 0.05) is 5.56 Å². The van der Waals surface area contributed by atoms with Gasteiger partial charge in [-0.2, -0.15) is 0 Å². The lowest BCUT2D eigenvalue weighted by Crippen LogP contribution is -2.40. The van der Waals surface area contributed by atoms with Gasteiger partial charge in [0.05, 0.1) is 47.2 Å². The highest BCUT2D eigenvalue weighted by molar-refractivity contribution is 9.10. The summed E-state index contributed by atoms with van der Waals surface area (Å²) in [6.45, 7) is 8.00. The maximum atomic E-state index is 14.0. The van der Waals surface area contributed by atoms with Crippen molar-refractivity contribution >= 4 is 39.3 Å². The van der Waals surface area contributed by atoms with Crippen LogP contribution >= 0.6 is 27.3 Å². The van der Waals surface area contributed by atoms with Crippen LogP contribution < -0.4 is 29.1 Å². The van der Waals surface area contributed by atoms with E-state index in [2.05, 4.69) is 20.9 Å². The van der Waals surface area contributed by atoms with Gasteiger partial charge >= 0.3 is 5.97 Å². The Morgan fingerprint density at radius 1 is 1.15 bits per heavy atom. The molecule has 206 valence electrons. The summed E-state index contributed by atoms with van der Waals surface area (Å²) in [5, 5.41) is 10.3. The number of phenols is 1. The number of aromatic hydroxyl groups is 1. The van der Waals surface area contributed by atoms with E-state index in [1.165, 1.54) is 23.0 Å². The third-order valence-corrected chi connectivity index (χ3v) is 7.57. The number of carbonyl (C=O) groups is 1. The number of nitrogens with zero attached hydrogens (tertiary/aromatic N) is 2. The quantitative estimate of drug-likeness (QED) is 0.361. The van der Waals surface area contributed by atoms with Crippen molar-refractivity contribution in [1.29, 1.82) is 0 Å². The molecule has 1 N–H and O–H groups in total. The van der Waals surface area contributed by atoms with Crippen LogP contribution in [-0.4, -0.2) is 42.6 Å². The molecule has 3 aromatic rings. The van der Waals surface area contributed by atoms with E-state index in [0.717, 1.165) is 0 Å². The highest BCUT2D eigenvalue weighted by Gasteiger charge is 2.36. The maximum absolute atomic E-state index is 14.0. The number of allylic oxidation sites excluding steroid dienone is 1. The van der Waals surface area contributed by atoms with Crippen molar-refractivity contribution in [3.05, 3.63) is 76.9 Å². The summed E-state index contributed by atoms with van der Waals surface area (Å²) in [4.78, 5) is 32.2. The van der Waals surface area contributed by atoms with Crippen LogP contribution in [0.15, 0.2) is 55.9 Å². The molecule has 39 heavy (non-hydrogen) atoms. The summed E-state index contributed by atoms with van der Waals surface area (Å²) < 4.78 is 24.7. The van der Waals surface area contributed by atoms with E-state index in [1.807, 2.05) is 13.8 Å². The lowest BCUT2D eigenvalue weighted by Gasteiger charge is -2.26. The summed E-state index contributed by atoms with van der Waals surface area (Å²) in [6, 6.07) is 7.84. The van der Waals surface area contributed by atoms with Crippen molar-refractivity contribution in [2.75, 3.05) is 26.9 Å². The number of ether oxygens (including phenoxy) is 4. The van der Waals surface area contributed by atoms with Crippen molar-refractivity contribution in [1.82, 2.24) is 4.57 Å². The van der Waals surface area contributed by atoms with E-state index in [9.17, 15) is 14.7 Å². The second kappa shape index (κ2) is 12.1. The van der Waals surface area contributed by atoms with E-state index >= 15 is 0 Å². The zero-order chi connectivity index (χ0) is 28.3. The average molecular weight is 618 g/mol. The number of carbonyl (C=O) groups excluding carboxylic acids is 1. The van der Waals surface area contributed by atoms with Crippen LogP contribution in [0, 0.1) is 0 Å². The number of methoxy groups -OCH3 is 1. The maximum Gasteiger partial charge on any atom is 0.338 e. The number of thiazole rings is 1. The number of hydrogen-bond acceptors (Lipinski definition) is 9. The molecule has 0 spiro atoms. The SMILES string of the molecule is CCOC(=O)C1=C(C)N=c2s/c(=C/c3cc(Br)c(O)c(OCC)c3)c(=O)n2[C@H]1c1cccc(OC)c1OCC. The number of esters is 1. The van der Waals surface area contributed by atoms with Crippen LogP contribution in [0.5, 0.6) is 23.0 Å². The summed E-state index contributed by atoms with van der Waals surface area (Å²) in [5.74, 6) is 0.620. The standard InChI is InChI=1S/C28H29BrN2O7S/c1-6-36-20-13-16(12-18(29)24(20)32)14-21-26(33)31-23(17-10-9-11-19(35-5)25(17)37-7-2)22(27(34)38-8-3)15(4)30-28(31)39-21/h9-14,23,32H,6-8H2,1-5H3/b21-14+/t23-/m0/s1. The van der Waals surface area contributed by atoms with Gasteiger partial charge in [-0.1, -0.05) is 23.5 Å². The molecule has 1 aromatic heterocycles. The Kier molecular flexibility index (Phi) is 8.81. The molecule has 2 aromatic carbocycles. The van der Waals surface area contributed by atoms with Crippen molar-refractivity contribution in [3.8, 4) is 23.0 Å². The Morgan fingerprint density at radius 3 is 2.56 bits per heavy atom. The summed E-state index contributed by atoms with van der Waals surface area (Å²) in [6.07, 6.45) is 1.70. The van der Waals surface area contributed by atoms with E-state index in [4.69, 9.17) is 18.9 Å². The van der Waals surface area contributed by atoms with Crippen LogP contribution in [0.25, 0.3) is 6.08 Å². The molecule has 0 radical (unpaired) electrons. The minimum absolute atomic E-state index is 0.0216. The van der Waals surface area contributed by atoms with Gasteiger partial charge < -0.3 is 24.1 Å². The van der Waals surface area contributed by atoms with Crippen LogP contribution in [-0.2, 0) is 9.53 Å². The summed E-state index contributed by atoms with van der Waals surface area (Å²) >= 11 is 4.54. The Bertz CT molecular complexity index is 1620. The van der Waals surface area contributed by atoms with Crippen LogP contribution in [0.2, 0.25) is 0 Å². The second-order valence-electron chi connectivity index (χ2n) is 8.40. The van der Waals surface area contributed by atoms with Crippen molar-refractivity contribution in [2.24, 2.45) is 4.99 Å². The van der Waals surface area contributed by atoms with Gasteiger partial charge in [0.1, 0.15) is 6.04 Å². The molecule has 0 fully saturated rings. The lowest BCUT2D eigenvalue weighted by atomic mass is 9.94. The van der Waals surface area contributed by atoms with Crippen molar-refractivity contribution < 1.29 is 28.8 Å². The highest BCUT2D eigenvalue weighted by atomic mass is 79.9. The first-order chi connectivity index (χ1) is 18.7. The zero-order valence-corrected chi connectivity index (χ0v) is 24.6. The third-order valence-electron chi connectivity index (χ3n) is 5.98. The molecule has 9 nitrogen and oxygen atoms in total. The monoisotopic (exact) mass is 616 g/mol. The van der Waals surface area contributed by atoms with E-state index in [-0.39, 0.29) is 23.5 Å². The number of rotatable bonds is 9. The van der Waals surface area contributed by atoms with E-state index in [0.29, 0.717) is 61.1 Å². The summed E-state index contributed by atoms with van der Waals surface area (Å²) in [7, 11) is 1.53. The van der Waals surface area contributed by atoms with Crippen LogP contribution in [0.4, 0.5) is 0 Å². The van der Waals surface area contributed by atoms with Gasteiger partial charge in [-0.3, -0.25) is 9.36 Å². The molecule has 2 heterocycles. The second-order valence-corrected chi connectivity index (χ2v) is 10.3. The molecule has 0 saturated heterocycles.